The molecule has 1 aromatic carbocycles. The van der Waals surface area contributed by atoms with Gasteiger partial charge in [-0.05, 0) is 24.6 Å². The van der Waals surface area contributed by atoms with Crippen LogP contribution in [-0.4, -0.2) is 54.3 Å². The molecule has 2 aromatic heterocycles. The predicted octanol–water partition coefficient (Wildman–Crippen LogP) is 2.84. The number of nitrogens with zero attached hydrogens (tertiary/aromatic N) is 3. The molecule has 4 rings (SSSR count). The van der Waals surface area contributed by atoms with Crippen LogP contribution in [0.15, 0.2) is 36.5 Å². The van der Waals surface area contributed by atoms with E-state index < -0.39 is 0 Å². The van der Waals surface area contributed by atoms with E-state index in [4.69, 9.17) is 9.72 Å². The molecule has 1 N–H and O–H groups in total. The molecular weight excluding hydrogens is 300 g/mol. The normalized spacial score (nSPS) is 15.9. The number of ether oxygens (including phenoxy) is 1. The smallest absolute Gasteiger partial charge is 0.127 e. The first-order valence-electron chi connectivity index (χ1n) is 8.50. The lowest BCUT2D eigenvalue weighted by molar-refractivity contribution is 0.0398. The van der Waals surface area contributed by atoms with E-state index in [1.165, 1.54) is 10.9 Å². The second kappa shape index (κ2) is 6.71. The van der Waals surface area contributed by atoms with Crippen LogP contribution in [0, 0.1) is 6.92 Å². The van der Waals surface area contributed by atoms with Crippen molar-refractivity contribution in [2.45, 2.75) is 6.92 Å². The molecule has 0 radical (unpaired) electrons. The van der Waals surface area contributed by atoms with Crippen LogP contribution in [0.4, 0.5) is 5.82 Å². The second-order valence-electron chi connectivity index (χ2n) is 6.24. The number of pyridine rings is 2. The maximum atomic E-state index is 5.39. The van der Waals surface area contributed by atoms with Gasteiger partial charge in [-0.3, -0.25) is 9.88 Å². The molecule has 0 atom stereocenters. The van der Waals surface area contributed by atoms with E-state index in [-0.39, 0.29) is 0 Å². The van der Waals surface area contributed by atoms with E-state index in [1.807, 2.05) is 12.3 Å². The zero-order chi connectivity index (χ0) is 16.4. The van der Waals surface area contributed by atoms with Crippen LogP contribution in [-0.2, 0) is 4.74 Å². The summed E-state index contributed by atoms with van der Waals surface area (Å²) in [7, 11) is 0. The highest BCUT2D eigenvalue weighted by atomic mass is 16.5. The third kappa shape index (κ3) is 3.05. The van der Waals surface area contributed by atoms with E-state index in [0.717, 1.165) is 61.6 Å². The Balaban J connectivity index is 1.58. The summed E-state index contributed by atoms with van der Waals surface area (Å²) in [6, 6.07) is 10.4. The number of nitrogens with one attached hydrogen (secondary N) is 1. The quantitative estimate of drug-likeness (QED) is 0.749. The molecule has 3 heterocycles. The van der Waals surface area contributed by atoms with Crippen molar-refractivity contribution in [2.24, 2.45) is 0 Å². The molecule has 1 saturated heterocycles. The topological polar surface area (TPSA) is 50.3 Å². The van der Waals surface area contributed by atoms with E-state index in [9.17, 15) is 0 Å². The molecule has 124 valence electrons. The van der Waals surface area contributed by atoms with Crippen molar-refractivity contribution in [3.63, 3.8) is 0 Å². The number of anilines is 1. The highest BCUT2D eigenvalue weighted by Crippen LogP contribution is 2.26. The molecule has 3 aromatic rings. The zero-order valence-electron chi connectivity index (χ0n) is 14.0. The maximum absolute atomic E-state index is 5.39. The number of hydrogen-bond acceptors (Lipinski definition) is 5. The first-order valence-corrected chi connectivity index (χ1v) is 8.50. The lowest BCUT2D eigenvalue weighted by Gasteiger charge is -2.26. The van der Waals surface area contributed by atoms with Crippen LogP contribution >= 0.6 is 0 Å². The third-order valence-electron chi connectivity index (χ3n) is 4.60. The summed E-state index contributed by atoms with van der Waals surface area (Å²) in [6.07, 6.45) is 1.83. The SMILES string of the molecule is Cc1cc(NCCN2CCOCC2)nc2c1ccc1cccnc12. The Morgan fingerprint density at radius 1 is 1.17 bits per heavy atom. The molecule has 0 aliphatic carbocycles. The van der Waals surface area contributed by atoms with Gasteiger partial charge in [0.05, 0.1) is 24.2 Å². The van der Waals surface area contributed by atoms with Crippen LogP contribution in [0.3, 0.4) is 0 Å². The third-order valence-corrected chi connectivity index (χ3v) is 4.60. The first-order chi connectivity index (χ1) is 11.8. The molecule has 24 heavy (non-hydrogen) atoms. The molecule has 5 nitrogen and oxygen atoms in total. The number of rotatable bonds is 4. The highest BCUT2D eigenvalue weighted by Gasteiger charge is 2.10. The average molecular weight is 322 g/mol. The van der Waals surface area contributed by atoms with E-state index in [1.54, 1.807) is 0 Å². The summed E-state index contributed by atoms with van der Waals surface area (Å²) in [5.74, 6) is 0.923. The Bertz CT molecular complexity index is 858. The molecule has 0 bridgehead atoms. The highest BCUT2D eigenvalue weighted by molar-refractivity contribution is 6.04. The monoisotopic (exact) mass is 322 g/mol. The molecule has 0 spiro atoms. The minimum absolute atomic E-state index is 0.838. The average Bonchev–Trinajstić information content (AvgIpc) is 2.62. The Hall–Kier alpha value is -2.24. The van der Waals surface area contributed by atoms with Gasteiger partial charge in [0.25, 0.3) is 0 Å². The fraction of sp³-hybridized carbons (Fsp3) is 0.368. The van der Waals surface area contributed by atoms with Crippen molar-refractivity contribution >= 4 is 27.6 Å². The van der Waals surface area contributed by atoms with Gasteiger partial charge < -0.3 is 10.1 Å². The van der Waals surface area contributed by atoms with E-state index >= 15 is 0 Å². The van der Waals surface area contributed by atoms with Crippen LogP contribution < -0.4 is 5.32 Å². The number of aryl methyl sites for hydroxylation is 1. The van der Waals surface area contributed by atoms with Crippen molar-refractivity contribution in [3.8, 4) is 0 Å². The molecular formula is C19H22N4O. The lowest BCUT2D eigenvalue weighted by atomic mass is 10.1. The fourth-order valence-electron chi connectivity index (χ4n) is 3.25. The van der Waals surface area contributed by atoms with Crippen molar-refractivity contribution in [1.82, 2.24) is 14.9 Å². The fourth-order valence-corrected chi connectivity index (χ4v) is 3.25. The van der Waals surface area contributed by atoms with Crippen molar-refractivity contribution in [3.05, 3.63) is 42.1 Å². The molecule has 5 heteroatoms. The molecule has 0 saturated carbocycles. The molecule has 0 unspecified atom stereocenters. The largest absolute Gasteiger partial charge is 0.379 e. The van der Waals surface area contributed by atoms with E-state index in [0.29, 0.717) is 0 Å². The summed E-state index contributed by atoms with van der Waals surface area (Å²) >= 11 is 0. The molecule has 1 aliphatic heterocycles. The van der Waals surface area contributed by atoms with E-state index in [2.05, 4.69) is 46.4 Å². The van der Waals surface area contributed by atoms with Gasteiger partial charge in [-0.2, -0.15) is 0 Å². The molecule has 0 amide bonds. The van der Waals surface area contributed by atoms with Crippen LogP contribution in [0.1, 0.15) is 5.56 Å². The number of hydrogen-bond donors (Lipinski definition) is 1. The number of benzene rings is 1. The van der Waals surface area contributed by atoms with Gasteiger partial charge in [0.1, 0.15) is 5.82 Å². The van der Waals surface area contributed by atoms with Crippen LogP contribution in [0.5, 0.6) is 0 Å². The van der Waals surface area contributed by atoms with Gasteiger partial charge in [-0.15, -0.1) is 0 Å². The Morgan fingerprint density at radius 3 is 2.92 bits per heavy atom. The Morgan fingerprint density at radius 2 is 2.04 bits per heavy atom. The minimum atomic E-state index is 0.838. The molecule has 1 aliphatic rings. The van der Waals surface area contributed by atoms with Crippen molar-refractivity contribution < 1.29 is 4.74 Å². The number of fused-ring (bicyclic) bond motifs is 3. The van der Waals surface area contributed by atoms with Crippen LogP contribution in [0.2, 0.25) is 0 Å². The lowest BCUT2D eigenvalue weighted by Crippen LogP contribution is -2.39. The maximum Gasteiger partial charge on any atom is 0.127 e. The molecule has 1 fully saturated rings. The predicted molar refractivity (Wildman–Crippen MR) is 97.5 cm³/mol. The van der Waals surface area contributed by atoms with Gasteiger partial charge in [-0.25, -0.2) is 4.98 Å². The summed E-state index contributed by atoms with van der Waals surface area (Å²) in [5.41, 5.74) is 3.17. The number of morpholine rings is 1. The Labute approximate surface area is 141 Å². The second-order valence-corrected chi connectivity index (χ2v) is 6.24. The van der Waals surface area contributed by atoms with Gasteiger partial charge in [-0.1, -0.05) is 18.2 Å². The summed E-state index contributed by atoms with van der Waals surface area (Å²) in [6.45, 7) is 7.73. The minimum Gasteiger partial charge on any atom is -0.379 e. The first kappa shape index (κ1) is 15.3. The standard InChI is InChI=1S/C19H22N4O/c1-14-13-17(20-7-8-23-9-11-24-12-10-23)22-19-16(14)5-4-15-3-2-6-21-18(15)19/h2-6,13H,7-12H2,1H3,(H,20,22). The van der Waals surface area contributed by atoms with Crippen LogP contribution in [0.25, 0.3) is 21.8 Å². The summed E-state index contributed by atoms with van der Waals surface area (Å²) < 4.78 is 5.39. The Kier molecular flexibility index (Phi) is 4.28. The summed E-state index contributed by atoms with van der Waals surface area (Å²) in [5, 5.41) is 5.76. The number of aromatic nitrogens is 2. The van der Waals surface area contributed by atoms with Gasteiger partial charge in [0.15, 0.2) is 0 Å². The van der Waals surface area contributed by atoms with Gasteiger partial charge in [0, 0.05) is 43.1 Å². The van der Waals surface area contributed by atoms with Crippen molar-refractivity contribution in [2.75, 3.05) is 44.7 Å². The zero-order valence-corrected chi connectivity index (χ0v) is 14.0. The summed E-state index contributed by atoms with van der Waals surface area (Å²) in [4.78, 5) is 11.8. The van der Waals surface area contributed by atoms with Gasteiger partial charge >= 0.3 is 0 Å². The van der Waals surface area contributed by atoms with Gasteiger partial charge in [0.2, 0.25) is 0 Å². The van der Waals surface area contributed by atoms with Crippen molar-refractivity contribution in [1.29, 1.82) is 0 Å².